The number of nitrogens with one attached hydrogen (secondary N) is 1. The molecule has 0 bridgehead atoms. The van der Waals surface area contributed by atoms with E-state index in [1.807, 2.05) is 0 Å². The molecular formula is C12H11N5O4. The van der Waals surface area contributed by atoms with Crippen molar-refractivity contribution in [1.82, 2.24) is 15.2 Å². The normalized spacial score (nSPS) is 10.7. The van der Waals surface area contributed by atoms with Crippen LogP contribution in [0.3, 0.4) is 0 Å². The summed E-state index contributed by atoms with van der Waals surface area (Å²) in [6.07, 6.45) is 2.72. The van der Waals surface area contributed by atoms with Crippen LogP contribution in [0.1, 0.15) is 16.1 Å². The van der Waals surface area contributed by atoms with Gasteiger partial charge in [-0.25, -0.2) is 5.43 Å². The molecule has 1 aromatic heterocycles. The molecule has 9 heteroatoms. The number of amides is 1. The first kappa shape index (κ1) is 14.2. The number of nitro groups is 1. The molecule has 0 saturated heterocycles. The molecule has 0 fully saturated rings. The third-order valence-electron chi connectivity index (χ3n) is 2.54. The fourth-order valence-corrected chi connectivity index (χ4v) is 1.51. The van der Waals surface area contributed by atoms with Crippen molar-refractivity contribution in [1.29, 1.82) is 0 Å². The van der Waals surface area contributed by atoms with E-state index in [-0.39, 0.29) is 22.7 Å². The Hall–Kier alpha value is -3.23. The molecule has 0 unspecified atom stereocenters. The highest BCUT2D eigenvalue weighted by molar-refractivity contribution is 5.93. The molecule has 0 saturated carbocycles. The third kappa shape index (κ3) is 3.41. The minimum atomic E-state index is -0.594. The van der Waals surface area contributed by atoms with Crippen LogP contribution in [-0.4, -0.2) is 31.9 Å². The average Bonchev–Trinajstić information content (AvgIpc) is 2.87. The minimum absolute atomic E-state index is 0.116. The Morgan fingerprint density at radius 2 is 2.29 bits per heavy atom. The Kier molecular flexibility index (Phi) is 3.93. The SMILES string of the molecule is Cn1ccc(C(=O)NN=Cc2cc([N+](=O)[O-])ccc2O)n1. The molecular weight excluding hydrogens is 278 g/mol. The molecule has 0 aliphatic heterocycles. The van der Waals surface area contributed by atoms with Crippen LogP contribution >= 0.6 is 0 Å². The Morgan fingerprint density at radius 1 is 1.52 bits per heavy atom. The summed E-state index contributed by atoms with van der Waals surface area (Å²) < 4.78 is 1.46. The second kappa shape index (κ2) is 5.82. The highest BCUT2D eigenvalue weighted by Gasteiger charge is 2.10. The van der Waals surface area contributed by atoms with E-state index in [0.717, 1.165) is 12.3 Å². The number of aryl methyl sites for hydroxylation is 1. The number of rotatable bonds is 4. The quantitative estimate of drug-likeness (QED) is 0.489. The van der Waals surface area contributed by atoms with Gasteiger partial charge in [-0.2, -0.15) is 10.2 Å². The molecule has 2 rings (SSSR count). The lowest BCUT2D eigenvalue weighted by molar-refractivity contribution is -0.384. The summed E-state index contributed by atoms with van der Waals surface area (Å²) >= 11 is 0. The van der Waals surface area contributed by atoms with E-state index in [1.54, 1.807) is 13.2 Å². The molecule has 0 radical (unpaired) electrons. The number of phenolic OH excluding ortho intramolecular Hbond substituents is 1. The van der Waals surface area contributed by atoms with Gasteiger partial charge in [-0.3, -0.25) is 19.6 Å². The highest BCUT2D eigenvalue weighted by Crippen LogP contribution is 2.21. The number of carbonyl (C=O) groups is 1. The second-order valence-corrected chi connectivity index (χ2v) is 4.07. The number of benzene rings is 1. The van der Waals surface area contributed by atoms with Crippen molar-refractivity contribution in [2.75, 3.05) is 0 Å². The van der Waals surface area contributed by atoms with E-state index in [2.05, 4.69) is 15.6 Å². The summed E-state index contributed by atoms with van der Waals surface area (Å²) in [5, 5.41) is 27.7. The lowest BCUT2D eigenvalue weighted by Gasteiger charge is -1.99. The van der Waals surface area contributed by atoms with Gasteiger partial charge in [0.05, 0.1) is 11.1 Å². The zero-order valence-corrected chi connectivity index (χ0v) is 10.9. The first-order chi connectivity index (χ1) is 9.97. The molecule has 21 heavy (non-hydrogen) atoms. The fraction of sp³-hybridized carbons (Fsp3) is 0.0833. The summed E-state index contributed by atoms with van der Waals surface area (Å²) in [6.45, 7) is 0. The van der Waals surface area contributed by atoms with E-state index >= 15 is 0 Å². The van der Waals surface area contributed by atoms with Crippen molar-refractivity contribution in [3.8, 4) is 5.75 Å². The van der Waals surface area contributed by atoms with Crippen molar-refractivity contribution in [3.63, 3.8) is 0 Å². The van der Waals surface area contributed by atoms with Gasteiger partial charge >= 0.3 is 0 Å². The van der Waals surface area contributed by atoms with Crippen LogP contribution in [0.5, 0.6) is 5.75 Å². The number of non-ortho nitro benzene ring substituents is 1. The first-order valence-electron chi connectivity index (χ1n) is 5.78. The van der Waals surface area contributed by atoms with Crippen LogP contribution in [0.15, 0.2) is 35.6 Å². The standard InChI is InChI=1S/C12H11N5O4/c1-16-5-4-10(15-16)12(19)14-13-7-8-6-9(17(20)21)2-3-11(8)18/h2-7,18H,1H3,(H,14,19). The van der Waals surface area contributed by atoms with Crippen molar-refractivity contribution < 1.29 is 14.8 Å². The fourth-order valence-electron chi connectivity index (χ4n) is 1.51. The average molecular weight is 289 g/mol. The lowest BCUT2D eigenvalue weighted by atomic mass is 10.2. The zero-order chi connectivity index (χ0) is 15.4. The maximum Gasteiger partial charge on any atom is 0.291 e. The zero-order valence-electron chi connectivity index (χ0n) is 10.9. The molecule has 2 aromatic rings. The first-order valence-corrected chi connectivity index (χ1v) is 5.78. The third-order valence-corrected chi connectivity index (χ3v) is 2.54. The van der Waals surface area contributed by atoms with Gasteiger partial charge in [0.1, 0.15) is 5.75 Å². The molecule has 2 N–H and O–H groups in total. The van der Waals surface area contributed by atoms with Crippen molar-refractivity contribution in [3.05, 3.63) is 51.8 Å². The summed E-state index contributed by atoms with van der Waals surface area (Å²) in [7, 11) is 1.67. The van der Waals surface area contributed by atoms with Crippen LogP contribution in [-0.2, 0) is 7.05 Å². The van der Waals surface area contributed by atoms with Gasteiger partial charge in [-0.05, 0) is 12.1 Å². The predicted octanol–water partition coefficient (Wildman–Crippen LogP) is 0.798. The minimum Gasteiger partial charge on any atom is -0.507 e. The van der Waals surface area contributed by atoms with Crippen LogP contribution in [0.25, 0.3) is 0 Å². The number of nitrogens with zero attached hydrogens (tertiary/aromatic N) is 4. The van der Waals surface area contributed by atoms with Gasteiger partial charge in [0.2, 0.25) is 0 Å². The summed E-state index contributed by atoms with van der Waals surface area (Å²) in [5.74, 6) is -0.715. The number of hydrazone groups is 1. The van der Waals surface area contributed by atoms with Gasteiger partial charge in [0.15, 0.2) is 5.69 Å². The van der Waals surface area contributed by atoms with E-state index < -0.39 is 10.8 Å². The molecule has 1 amide bonds. The monoisotopic (exact) mass is 289 g/mol. The molecule has 0 spiro atoms. The van der Waals surface area contributed by atoms with Crippen LogP contribution < -0.4 is 5.43 Å². The summed E-state index contributed by atoms with van der Waals surface area (Å²) in [6, 6.07) is 5.00. The predicted molar refractivity (Wildman–Crippen MR) is 73.0 cm³/mol. The number of aromatic nitrogens is 2. The number of nitro benzene ring substituents is 1. The maximum atomic E-state index is 11.6. The largest absolute Gasteiger partial charge is 0.507 e. The molecule has 108 valence electrons. The summed E-state index contributed by atoms with van der Waals surface area (Å²) in [4.78, 5) is 21.7. The van der Waals surface area contributed by atoms with Crippen LogP contribution in [0, 0.1) is 10.1 Å². The second-order valence-electron chi connectivity index (χ2n) is 4.07. The Balaban J connectivity index is 2.09. The van der Waals surface area contributed by atoms with E-state index in [4.69, 9.17) is 0 Å². The number of carbonyl (C=O) groups excluding carboxylic acids is 1. The maximum absolute atomic E-state index is 11.6. The lowest BCUT2D eigenvalue weighted by Crippen LogP contribution is -2.18. The molecule has 0 aliphatic rings. The molecule has 1 heterocycles. The molecule has 1 aromatic carbocycles. The molecule has 9 nitrogen and oxygen atoms in total. The molecule has 0 aliphatic carbocycles. The smallest absolute Gasteiger partial charge is 0.291 e. The van der Waals surface area contributed by atoms with Gasteiger partial charge in [-0.1, -0.05) is 0 Å². The highest BCUT2D eigenvalue weighted by atomic mass is 16.6. The number of phenols is 1. The Labute approximate surface area is 118 Å². The van der Waals surface area contributed by atoms with Gasteiger partial charge in [0, 0.05) is 30.9 Å². The van der Waals surface area contributed by atoms with Gasteiger partial charge in [0.25, 0.3) is 11.6 Å². The number of aromatic hydroxyl groups is 1. The Bertz CT molecular complexity index is 722. The van der Waals surface area contributed by atoms with E-state index in [0.29, 0.717) is 0 Å². The topological polar surface area (TPSA) is 123 Å². The van der Waals surface area contributed by atoms with Crippen molar-refractivity contribution in [2.45, 2.75) is 0 Å². The summed E-state index contributed by atoms with van der Waals surface area (Å²) in [5.41, 5.74) is 2.32. The molecule has 0 atom stereocenters. The van der Waals surface area contributed by atoms with Gasteiger partial charge < -0.3 is 5.11 Å². The van der Waals surface area contributed by atoms with Crippen LogP contribution in [0.2, 0.25) is 0 Å². The number of hydrogen-bond acceptors (Lipinski definition) is 6. The van der Waals surface area contributed by atoms with E-state index in [9.17, 15) is 20.0 Å². The van der Waals surface area contributed by atoms with E-state index in [1.165, 1.54) is 22.9 Å². The Morgan fingerprint density at radius 3 is 2.90 bits per heavy atom. The van der Waals surface area contributed by atoms with Crippen molar-refractivity contribution >= 4 is 17.8 Å². The van der Waals surface area contributed by atoms with Gasteiger partial charge in [-0.15, -0.1) is 0 Å². The van der Waals surface area contributed by atoms with Crippen molar-refractivity contribution in [2.24, 2.45) is 12.1 Å². The van der Waals surface area contributed by atoms with Crippen LogP contribution in [0.4, 0.5) is 5.69 Å². The number of hydrogen-bond donors (Lipinski definition) is 2.